The van der Waals surface area contributed by atoms with E-state index in [0.717, 1.165) is 17.7 Å². The summed E-state index contributed by atoms with van der Waals surface area (Å²) in [5, 5.41) is 2.72. The van der Waals surface area contributed by atoms with Crippen LogP contribution in [0.2, 0.25) is 0 Å². The number of fused-ring (bicyclic) bond motifs is 1. The number of benzene rings is 1. The van der Waals surface area contributed by atoms with Gasteiger partial charge in [-0.2, -0.15) is 0 Å². The molecule has 5 nitrogen and oxygen atoms in total. The number of ether oxygens (including phenoxy) is 1. The molecule has 0 saturated carbocycles. The van der Waals surface area contributed by atoms with Crippen LogP contribution >= 0.6 is 0 Å². The van der Waals surface area contributed by atoms with Gasteiger partial charge in [0.05, 0.1) is 6.61 Å². The zero-order valence-electron chi connectivity index (χ0n) is 11.0. The molecule has 1 aliphatic heterocycles. The molecular formula is C14H18N2O3. The summed E-state index contributed by atoms with van der Waals surface area (Å²) in [6.07, 6.45) is 1.21. The van der Waals surface area contributed by atoms with Crippen LogP contribution in [0.1, 0.15) is 12.0 Å². The Morgan fingerprint density at radius 1 is 1.37 bits per heavy atom. The molecule has 0 bridgehead atoms. The highest BCUT2D eigenvalue weighted by Gasteiger charge is 2.25. The maximum absolute atomic E-state index is 11.9. The van der Waals surface area contributed by atoms with Gasteiger partial charge in [0.2, 0.25) is 11.8 Å². The van der Waals surface area contributed by atoms with Crippen molar-refractivity contribution in [2.45, 2.75) is 12.8 Å². The third-order valence-electron chi connectivity index (χ3n) is 3.12. The van der Waals surface area contributed by atoms with E-state index in [1.165, 1.54) is 0 Å². The highest BCUT2D eigenvalue weighted by Crippen LogP contribution is 2.26. The predicted molar refractivity (Wildman–Crippen MR) is 72.0 cm³/mol. The smallest absolute Gasteiger partial charge is 0.240 e. The quantitative estimate of drug-likeness (QED) is 0.796. The molecule has 1 heterocycles. The van der Waals surface area contributed by atoms with Crippen LogP contribution in [-0.2, 0) is 20.7 Å². The van der Waals surface area contributed by atoms with Crippen LogP contribution in [0.4, 0.5) is 5.69 Å². The second-order valence-electron chi connectivity index (χ2n) is 4.45. The summed E-state index contributed by atoms with van der Waals surface area (Å²) < 4.78 is 4.86. The van der Waals surface area contributed by atoms with Gasteiger partial charge in [-0.1, -0.05) is 18.2 Å². The third kappa shape index (κ3) is 3.32. The zero-order chi connectivity index (χ0) is 13.7. The Morgan fingerprint density at radius 3 is 2.95 bits per heavy atom. The van der Waals surface area contributed by atoms with Crippen molar-refractivity contribution in [3.8, 4) is 0 Å². The maximum atomic E-state index is 11.9. The monoisotopic (exact) mass is 262 g/mol. The van der Waals surface area contributed by atoms with Gasteiger partial charge in [0, 0.05) is 25.8 Å². The number of nitrogens with one attached hydrogen (secondary N) is 1. The van der Waals surface area contributed by atoms with Crippen LogP contribution in [0.5, 0.6) is 0 Å². The number of anilines is 1. The number of aryl methyl sites for hydroxylation is 1. The number of nitrogens with zero attached hydrogens (tertiary/aromatic N) is 1. The molecule has 1 N–H and O–H groups in total. The molecule has 0 aromatic heterocycles. The Bertz CT molecular complexity index is 474. The second-order valence-corrected chi connectivity index (χ2v) is 4.45. The van der Waals surface area contributed by atoms with E-state index in [4.69, 9.17) is 4.74 Å². The summed E-state index contributed by atoms with van der Waals surface area (Å²) in [6.45, 7) is 0.995. The molecular weight excluding hydrogens is 244 g/mol. The van der Waals surface area contributed by atoms with Gasteiger partial charge in [-0.3, -0.25) is 9.59 Å². The number of rotatable bonds is 5. The van der Waals surface area contributed by atoms with Crippen LogP contribution < -0.4 is 10.2 Å². The van der Waals surface area contributed by atoms with Crippen LogP contribution in [0, 0.1) is 0 Å². The molecule has 0 unspecified atom stereocenters. The number of hydrogen-bond donors (Lipinski definition) is 1. The van der Waals surface area contributed by atoms with Crippen molar-refractivity contribution in [2.24, 2.45) is 0 Å². The molecule has 0 radical (unpaired) electrons. The molecule has 1 aromatic rings. The molecule has 1 aliphatic rings. The van der Waals surface area contributed by atoms with Gasteiger partial charge in [0.15, 0.2) is 0 Å². The van der Waals surface area contributed by atoms with Gasteiger partial charge < -0.3 is 15.0 Å². The Morgan fingerprint density at radius 2 is 2.16 bits per heavy atom. The number of para-hydroxylation sites is 1. The Balaban J connectivity index is 2.03. The number of amides is 2. The standard InChI is InChI=1S/C14H18N2O3/c1-19-9-8-15-13(17)10-16-12-5-3-2-4-11(12)6-7-14(16)18/h2-5H,6-10H2,1H3,(H,15,17). The van der Waals surface area contributed by atoms with Crippen LogP contribution in [-0.4, -0.2) is 38.6 Å². The van der Waals surface area contributed by atoms with Gasteiger partial charge in [-0.05, 0) is 18.1 Å². The lowest BCUT2D eigenvalue weighted by molar-refractivity contribution is -0.124. The number of carbonyl (C=O) groups is 2. The van der Waals surface area contributed by atoms with E-state index >= 15 is 0 Å². The molecule has 5 heteroatoms. The topological polar surface area (TPSA) is 58.6 Å². The van der Waals surface area contributed by atoms with E-state index < -0.39 is 0 Å². The lowest BCUT2D eigenvalue weighted by Gasteiger charge is -2.28. The van der Waals surface area contributed by atoms with Crippen molar-refractivity contribution < 1.29 is 14.3 Å². The first-order valence-corrected chi connectivity index (χ1v) is 6.36. The summed E-state index contributed by atoms with van der Waals surface area (Å²) in [4.78, 5) is 25.3. The lowest BCUT2D eigenvalue weighted by atomic mass is 10.0. The van der Waals surface area contributed by atoms with Crippen LogP contribution in [0.3, 0.4) is 0 Å². The fourth-order valence-corrected chi connectivity index (χ4v) is 2.16. The summed E-state index contributed by atoms with van der Waals surface area (Å²) in [7, 11) is 1.58. The summed E-state index contributed by atoms with van der Waals surface area (Å²) in [5.41, 5.74) is 1.97. The van der Waals surface area contributed by atoms with Crippen molar-refractivity contribution in [2.75, 3.05) is 31.7 Å². The fourth-order valence-electron chi connectivity index (χ4n) is 2.16. The first kappa shape index (κ1) is 13.5. The van der Waals surface area contributed by atoms with Crippen LogP contribution in [0.25, 0.3) is 0 Å². The van der Waals surface area contributed by atoms with Crippen molar-refractivity contribution in [3.63, 3.8) is 0 Å². The second kappa shape index (κ2) is 6.33. The van der Waals surface area contributed by atoms with E-state index in [2.05, 4.69) is 5.32 Å². The molecule has 102 valence electrons. The van der Waals surface area contributed by atoms with E-state index in [0.29, 0.717) is 19.6 Å². The molecule has 0 fully saturated rings. The molecule has 0 saturated heterocycles. The molecule has 2 amide bonds. The van der Waals surface area contributed by atoms with Gasteiger partial charge >= 0.3 is 0 Å². The Hall–Kier alpha value is -1.88. The van der Waals surface area contributed by atoms with E-state index in [9.17, 15) is 9.59 Å². The van der Waals surface area contributed by atoms with Gasteiger partial charge in [0.25, 0.3) is 0 Å². The van der Waals surface area contributed by atoms with Crippen molar-refractivity contribution in [1.29, 1.82) is 0 Å². The van der Waals surface area contributed by atoms with Gasteiger partial charge in [-0.15, -0.1) is 0 Å². The predicted octanol–water partition coefficient (Wildman–Crippen LogP) is 0.728. The molecule has 0 spiro atoms. The molecule has 1 aromatic carbocycles. The highest BCUT2D eigenvalue weighted by atomic mass is 16.5. The highest BCUT2D eigenvalue weighted by molar-refractivity contribution is 6.00. The minimum Gasteiger partial charge on any atom is -0.383 e. The average molecular weight is 262 g/mol. The Kier molecular flexibility index (Phi) is 4.52. The molecule has 0 aliphatic carbocycles. The molecule has 19 heavy (non-hydrogen) atoms. The minimum atomic E-state index is -0.165. The van der Waals surface area contributed by atoms with Crippen molar-refractivity contribution in [1.82, 2.24) is 5.32 Å². The maximum Gasteiger partial charge on any atom is 0.240 e. The van der Waals surface area contributed by atoms with Gasteiger partial charge in [0.1, 0.15) is 6.54 Å². The number of carbonyl (C=O) groups excluding carboxylic acids is 2. The Labute approximate surface area is 112 Å². The minimum absolute atomic E-state index is 0.000548. The number of hydrogen-bond acceptors (Lipinski definition) is 3. The summed E-state index contributed by atoms with van der Waals surface area (Å²) in [6, 6.07) is 7.71. The van der Waals surface area contributed by atoms with E-state index in [1.54, 1.807) is 12.0 Å². The van der Waals surface area contributed by atoms with Crippen molar-refractivity contribution in [3.05, 3.63) is 29.8 Å². The van der Waals surface area contributed by atoms with Crippen LogP contribution in [0.15, 0.2) is 24.3 Å². The SMILES string of the molecule is COCCNC(=O)CN1C(=O)CCc2ccccc21. The fraction of sp³-hybridized carbons (Fsp3) is 0.429. The first-order chi connectivity index (χ1) is 9.22. The van der Waals surface area contributed by atoms with E-state index in [1.807, 2.05) is 24.3 Å². The third-order valence-corrected chi connectivity index (χ3v) is 3.12. The summed E-state index contributed by atoms with van der Waals surface area (Å²) >= 11 is 0. The van der Waals surface area contributed by atoms with Crippen molar-refractivity contribution >= 4 is 17.5 Å². The zero-order valence-corrected chi connectivity index (χ0v) is 11.0. The van der Waals surface area contributed by atoms with E-state index in [-0.39, 0.29) is 18.4 Å². The average Bonchev–Trinajstić information content (AvgIpc) is 2.42. The lowest BCUT2D eigenvalue weighted by Crippen LogP contribution is -2.43. The first-order valence-electron chi connectivity index (χ1n) is 6.36. The largest absolute Gasteiger partial charge is 0.383 e. The molecule has 2 rings (SSSR count). The van der Waals surface area contributed by atoms with Gasteiger partial charge in [-0.25, -0.2) is 0 Å². The normalized spacial score (nSPS) is 14.2. The summed E-state index contributed by atoms with van der Waals surface area (Å²) in [5.74, 6) is -0.164. The molecule has 0 atom stereocenters. The number of methoxy groups -OCH3 is 1.